The summed E-state index contributed by atoms with van der Waals surface area (Å²) >= 11 is 0. The molecule has 0 spiro atoms. The van der Waals surface area contributed by atoms with E-state index >= 15 is 0 Å². The van der Waals surface area contributed by atoms with Gasteiger partial charge in [0, 0.05) is 49.2 Å². The van der Waals surface area contributed by atoms with E-state index in [0.717, 1.165) is 77.3 Å². The van der Waals surface area contributed by atoms with Crippen molar-refractivity contribution in [3.63, 3.8) is 0 Å². The largest absolute Gasteiger partial charge is 0.455 e. The van der Waals surface area contributed by atoms with Gasteiger partial charge in [-0.2, -0.15) is 0 Å². The number of fused-ring (bicyclic) bond motifs is 7. The van der Waals surface area contributed by atoms with Crippen molar-refractivity contribution in [2.24, 2.45) is 0 Å². The molecule has 0 radical (unpaired) electrons. The van der Waals surface area contributed by atoms with Crippen LogP contribution < -0.4 is 0 Å². The molecule has 8 aromatic rings. The zero-order chi connectivity index (χ0) is 27.0. The summed E-state index contributed by atoms with van der Waals surface area (Å²) in [5.74, 6) is 0. The molecule has 0 fully saturated rings. The van der Waals surface area contributed by atoms with Crippen LogP contribution in [0, 0.1) is 6.92 Å². The van der Waals surface area contributed by atoms with Crippen molar-refractivity contribution in [3.05, 3.63) is 120 Å². The molecule has 8 rings (SSSR count). The lowest BCUT2D eigenvalue weighted by atomic mass is 9.79. The van der Waals surface area contributed by atoms with Gasteiger partial charge >= 0.3 is 0 Å². The summed E-state index contributed by atoms with van der Waals surface area (Å²) in [5.41, 5.74) is 7.70. The SMILES string of the molecule is Cc1ccc2c(n1)oc1c(C(C)(C)c3cc4ccccc4c(-c4cccc5c4oc4ccccc45)n3)cccc12. The average molecular weight is 519 g/mol. The Hall–Kier alpha value is -4.96. The molecule has 0 saturated heterocycles. The highest BCUT2D eigenvalue weighted by molar-refractivity contribution is 6.11. The fourth-order valence-electron chi connectivity index (χ4n) is 6.06. The Bertz CT molecular complexity index is 2270. The smallest absolute Gasteiger partial charge is 0.227 e. The Morgan fingerprint density at radius 1 is 0.600 bits per heavy atom. The van der Waals surface area contributed by atoms with E-state index in [1.807, 2.05) is 25.1 Å². The third kappa shape index (κ3) is 3.26. The number of hydrogen-bond donors (Lipinski definition) is 0. The summed E-state index contributed by atoms with van der Waals surface area (Å²) < 4.78 is 12.8. The van der Waals surface area contributed by atoms with E-state index in [9.17, 15) is 0 Å². The van der Waals surface area contributed by atoms with Crippen LogP contribution in [-0.4, -0.2) is 9.97 Å². The van der Waals surface area contributed by atoms with E-state index in [4.69, 9.17) is 13.8 Å². The maximum absolute atomic E-state index is 6.44. The number of para-hydroxylation sites is 3. The molecule has 0 amide bonds. The standard InChI is InChI=1S/C36H26N2O2/c1-21-18-19-27-26-14-9-16-29(34(26)40-35(27)37-21)36(2,3)31-20-22-10-4-5-11-23(22)32(38-31)28-15-8-13-25-24-12-6-7-17-30(24)39-33(25)28/h4-20H,1-3H3. The molecule has 4 heteroatoms. The number of pyridine rings is 2. The van der Waals surface area contributed by atoms with Gasteiger partial charge in [0.2, 0.25) is 5.71 Å². The predicted molar refractivity (Wildman–Crippen MR) is 163 cm³/mol. The van der Waals surface area contributed by atoms with E-state index in [-0.39, 0.29) is 0 Å². The van der Waals surface area contributed by atoms with E-state index in [0.29, 0.717) is 5.71 Å². The van der Waals surface area contributed by atoms with Crippen molar-refractivity contribution in [2.45, 2.75) is 26.2 Å². The summed E-state index contributed by atoms with van der Waals surface area (Å²) in [6.45, 7) is 6.42. The highest BCUT2D eigenvalue weighted by atomic mass is 16.3. The first-order chi connectivity index (χ1) is 19.5. The number of aryl methyl sites for hydroxylation is 1. The van der Waals surface area contributed by atoms with Crippen molar-refractivity contribution in [1.82, 2.24) is 9.97 Å². The molecular weight excluding hydrogens is 492 g/mol. The Labute approximate surface area is 230 Å². The Balaban J connectivity index is 1.40. The molecule has 4 nitrogen and oxygen atoms in total. The minimum atomic E-state index is -0.455. The van der Waals surface area contributed by atoms with Crippen LogP contribution in [0.3, 0.4) is 0 Å². The summed E-state index contributed by atoms with van der Waals surface area (Å²) in [4.78, 5) is 10.1. The maximum Gasteiger partial charge on any atom is 0.227 e. The minimum absolute atomic E-state index is 0.455. The summed E-state index contributed by atoms with van der Waals surface area (Å²) in [6.07, 6.45) is 0. The van der Waals surface area contributed by atoms with Crippen LogP contribution in [0.1, 0.15) is 30.8 Å². The third-order valence-electron chi connectivity index (χ3n) is 8.22. The van der Waals surface area contributed by atoms with Crippen LogP contribution in [-0.2, 0) is 5.41 Å². The average Bonchev–Trinajstić information content (AvgIpc) is 3.54. The van der Waals surface area contributed by atoms with Crippen LogP contribution in [0.25, 0.3) is 66.0 Å². The highest BCUT2D eigenvalue weighted by Crippen LogP contribution is 2.42. The lowest BCUT2D eigenvalue weighted by Crippen LogP contribution is -2.21. The van der Waals surface area contributed by atoms with Gasteiger partial charge in [-0.3, -0.25) is 4.98 Å². The molecule has 0 atom stereocenters. The number of furan rings is 2. The van der Waals surface area contributed by atoms with E-state index in [1.165, 1.54) is 0 Å². The van der Waals surface area contributed by atoms with Gasteiger partial charge in [0.1, 0.15) is 16.7 Å². The molecule has 0 aliphatic rings. The molecule has 192 valence electrons. The quantitative estimate of drug-likeness (QED) is 0.234. The molecule has 4 aromatic heterocycles. The van der Waals surface area contributed by atoms with Crippen molar-refractivity contribution >= 4 is 54.8 Å². The number of benzene rings is 4. The lowest BCUT2D eigenvalue weighted by Gasteiger charge is -2.26. The second-order valence-electron chi connectivity index (χ2n) is 11.1. The van der Waals surface area contributed by atoms with Crippen molar-refractivity contribution < 1.29 is 8.83 Å². The maximum atomic E-state index is 6.44. The second-order valence-corrected chi connectivity index (χ2v) is 11.1. The van der Waals surface area contributed by atoms with Crippen LogP contribution >= 0.6 is 0 Å². The third-order valence-corrected chi connectivity index (χ3v) is 8.22. The molecule has 0 saturated carbocycles. The van der Waals surface area contributed by atoms with Crippen molar-refractivity contribution in [1.29, 1.82) is 0 Å². The topological polar surface area (TPSA) is 52.1 Å². The van der Waals surface area contributed by atoms with Gasteiger partial charge in [-0.15, -0.1) is 0 Å². The molecule has 4 heterocycles. The van der Waals surface area contributed by atoms with Gasteiger partial charge in [0.25, 0.3) is 0 Å². The number of aromatic nitrogens is 2. The van der Waals surface area contributed by atoms with E-state index in [2.05, 4.69) is 104 Å². The molecule has 0 aliphatic carbocycles. The molecule has 40 heavy (non-hydrogen) atoms. The van der Waals surface area contributed by atoms with Gasteiger partial charge in [0.05, 0.1) is 11.4 Å². The minimum Gasteiger partial charge on any atom is -0.455 e. The van der Waals surface area contributed by atoms with Gasteiger partial charge in [-0.25, -0.2) is 4.98 Å². The highest BCUT2D eigenvalue weighted by Gasteiger charge is 2.30. The van der Waals surface area contributed by atoms with Gasteiger partial charge < -0.3 is 8.83 Å². The zero-order valence-corrected chi connectivity index (χ0v) is 22.5. The first-order valence-corrected chi connectivity index (χ1v) is 13.6. The first-order valence-electron chi connectivity index (χ1n) is 13.6. The van der Waals surface area contributed by atoms with E-state index < -0.39 is 5.41 Å². The molecule has 0 aliphatic heterocycles. The van der Waals surface area contributed by atoms with Crippen LogP contribution in [0.2, 0.25) is 0 Å². The summed E-state index contributed by atoms with van der Waals surface area (Å²) in [7, 11) is 0. The van der Waals surface area contributed by atoms with Crippen LogP contribution in [0.15, 0.2) is 112 Å². The molecule has 4 aromatic carbocycles. The summed E-state index contributed by atoms with van der Waals surface area (Å²) in [5, 5.41) is 6.54. The Morgan fingerprint density at radius 3 is 2.20 bits per heavy atom. The molecular formula is C36H26N2O2. The van der Waals surface area contributed by atoms with Crippen molar-refractivity contribution in [2.75, 3.05) is 0 Å². The lowest BCUT2D eigenvalue weighted by molar-refractivity contribution is 0.590. The van der Waals surface area contributed by atoms with Gasteiger partial charge in [0.15, 0.2) is 0 Å². The molecule has 0 N–H and O–H groups in total. The molecule has 0 bridgehead atoms. The Kier molecular flexibility index (Phi) is 4.75. The van der Waals surface area contributed by atoms with E-state index in [1.54, 1.807) is 0 Å². The Morgan fingerprint density at radius 2 is 1.32 bits per heavy atom. The first kappa shape index (κ1) is 23.0. The monoisotopic (exact) mass is 518 g/mol. The number of rotatable bonds is 3. The van der Waals surface area contributed by atoms with Crippen LogP contribution in [0.5, 0.6) is 0 Å². The zero-order valence-electron chi connectivity index (χ0n) is 22.5. The van der Waals surface area contributed by atoms with Crippen molar-refractivity contribution in [3.8, 4) is 11.3 Å². The fraction of sp³-hybridized carbons (Fsp3) is 0.111. The normalized spacial score (nSPS) is 12.4. The fourth-order valence-corrected chi connectivity index (χ4v) is 6.06. The number of nitrogens with zero attached hydrogens (tertiary/aromatic N) is 2. The van der Waals surface area contributed by atoms with Gasteiger partial charge in [-0.05, 0) is 42.6 Å². The summed E-state index contributed by atoms with van der Waals surface area (Å²) in [6, 6.07) is 35.7. The predicted octanol–water partition coefficient (Wildman–Crippen LogP) is 9.73. The number of hydrogen-bond acceptors (Lipinski definition) is 4. The van der Waals surface area contributed by atoms with Crippen LogP contribution in [0.4, 0.5) is 0 Å². The molecule has 0 unspecified atom stereocenters. The second kappa shape index (κ2) is 8.27. The van der Waals surface area contributed by atoms with Gasteiger partial charge in [-0.1, -0.05) is 86.6 Å².